The minimum absolute atomic E-state index is 0.0205. The number of rotatable bonds is 4. The van der Waals surface area contributed by atoms with Crippen LogP contribution in [0.1, 0.15) is 36.3 Å². The van der Waals surface area contributed by atoms with Gasteiger partial charge in [-0.05, 0) is 25.7 Å². The zero-order valence-electron chi connectivity index (χ0n) is 12.9. The first-order valence-corrected chi connectivity index (χ1v) is 6.99. The number of carboxylic acid groups (broad SMARTS) is 2. The Morgan fingerprint density at radius 3 is 2.35 bits per heavy atom. The van der Waals surface area contributed by atoms with Crippen molar-refractivity contribution in [2.75, 3.05) is 7.11 Å². The number of amides is 1. The number of nitrogens with zero attached hydrogens (tertiary/aromatic N) is 3. The summed E-state index contributed by atoms with van der Waals surface area (Å²) < 4.78 is 6.34. The van der Waals surface area contributed by atoms with Crippen LogP contribution in [0.5, 0.6) is 6.01 Å². The van der Waals surface area contributed by atoms with Crippen LogP contribution >= 0.6 is 0 Å². The normalized spacial score (nSPS) is 19.9. The molecule has 0 radical (unpaired) electrons. The van der Waals surface area contributed by atoms with Crippen molar-refractivity contribution >= 4 is 18.3 Å². The molecule has 10 heteroatoms. The molecule has 2 rings (SSSR count). The van der Waals surface area contributed by atoms with Crippen molar-refractivity contribution < 1.29 is 29.3 Å². The highest BCUT2D eigenvalue weighted by Gasteiger charge is 2.27. The number of carbonyl (C=O) groups is 3. The first kappa shape index (κ1) is 18.4. The third-order valence-corrected chi connectivity index (χ3v) is 3.52. The quantitative estimate of drug-likeness (QED) is 0.650. The smallest absolute Gasteiger partial charge is 0.314 e. The Morgan fingerprint density at radius 1 is 1.35 bits per heavy atom. The van der Waals surface area contributed by atoms with Crippen LogP contribution in [0.25, 0.3) is 0 Å². The van der Waals surface area contributed by atoms with E-state index in [2.05, 4.69) is 15.4 Å². The van der Waals surface area contributed by atoms with E-state index < -0.39 is 5.97 Å². The van der Waals surface area contributed by atoms with Crippen molar-refractivity contribution in [2.45, 2.75) is 31.7 Å². The molecule has 10 nitrogen and oxygen atoms in total. The fourth-order valence-electron chi connectivity index (χ4n) is 2.38. The topological polar surface area (TPSA) is 144 Å². The average Bonchev–Trinajstić information content (AvgIpc) is 2.90. The Kier molecular flexibility index (Phi) is 6.97. The third-order valence-electron chi connectivity index (χ3n) is 3.52. The molecule has 3 N–H and O–H groups in total. The summed E-state index contributed by atoms with van der Waals surface area (Å²) in [6.45, 7) is -0.250. The van der Waals surface area contributed by atoms with Crippen LogP contribution in [0, 0.1) is 5.92 Å². The molecule has 1 aliphatic carbocycles. The molecule has 1 heterocycles. The second-order valence-electron chi connectivity index (χ2n) is 5.01. The molecule has 128 valence electrons. The SMILES string of the molecule is COc1nc(C(=O)NC2CCC(C(=O)O)CC2)nn1C.O=CO. The van der Waals surface area contributed by atoms with Gasteiger partial charge < -0.3 is 20.3 Å². The van der Waals surface area contributed by atoms with E-state index in [4.69, 9.17) is 19.7 Å². The summed E-state index contributed by atoms with van der Waals surface area (Å²) in [4.78, 5) is 35.2. The molecular formula is C13H20N4O6. The van der Waals surface area contributed by atoms with Gasteiger partial charge in [0, 0.05) is 13.1 Å². The van der Waals surface area contributed by atoms with Crippen LogP contribution in [-0.2, 0) is 16.6 Å². The highest BCUT2D eigenvalue weighted by Crippen LogP contribution is 2.24. The van der Waals surface area contributed by atoms with Gasteiger partial charge in [0.1, 0.15) is 0 Å². The summed E-state index contributed by atoms with van der Waals surface area (Å²) in [5, 5.41) is 22.6. The number of aromatic nitrogens is 3. The molecule has 1 saturated carbocycles. The van der Waals surface area contributed by atoms with Gasteiger partial charge in [0.25, 0.3) is 12.4 Å². The number of carbonyl (C=O) groups excluding carboxylic acids is 1. The molecule has 0 aliphatic heterocycles. The molecule has 0 atom stereocenters. The van der Waals surface area contributed by atoms with E-state index in [1.54, 1.807) is 7.05 Å². The number of hydrogen-bond acceptors (Lipinski definition) is 6. The van der Waals surface area contributed by atoms with Crippen molar-refractivity contribution in [3.05, 3.63) is 5.82 Å². The summed E-state index contributed by atoms with van der Waals surface area (Å²) in [7, 11) is 3.10. The standard InChI is InChI=1S/C12H18N4O4.CH2O2/c1-16-12(20-2)14-9(15-16)10(17)13-8-5-3-7(4-6-8)11(18)19;2-1-3/h7-8H,3-6H2,1-2H3,(H,13,17)(H,18,19);1H,(H,2,3). The van der Waals surface area contributed by atoms with Crippen molar-refractivity contribution in [3.63, 3.8) is 0 Å². The van der Waals surface area contributed by atoms with Gasteiger partial charge in [-0.3, -0.25) is 14.4 Å². The van der Waals surface area contributed by atoms with Gasteiger partial charge in [0.2, 0.25) is 5.82 Å². The molecule has 1 amide bonds. The van der Waals surface area contributed by atoms with Gasteiger partial charge in [-0.15, -0.1) is 5.10 Å². The molecule has 0 aromatic carbocycles. The zero-order valence-corrected chi connectivity index (χ0v) is 12.9. The van der Waals surface area contributed by atoms with E-state index in [9.17, 15) is 9.59 Å². The lowest BCUT2D eigenvalue weighted by molar-refractivity contribution is -0.142. The van der Waals surface area contributed by atoms with Crippen LogP contribution in [0.4, 0.5) is 0 Å². The lowest BCUT2D eigenvalue weighted by Crippen LogP contribution is -2.39. The van der Waals surface area contributed by atoms with E-state index in [1.807, 2.05) is 0 Å². The van der Waals surface area contributed by atoms with Crippen LogP contribution in [-0.4, -0.2) is 56.5 Å². The van der Waals surface area contributed by atoms with Crippen molar-refractivity contribution in [2.24, 2.45) is 13.0 Å². The summed E-state index contributed by atoms with van der Waals surface area (Å²) >= 11 is 0. The Hall–Kier alpha value is -2.65. The highest BCUT2D eigenvalue weighted by atomic mass is 16.5. The Bertz CT molecular complexity index is 551. The molecule has 0 bridgehead atoms. The first-order valence-electron chi connectivity index (χ1n) is 6.99. The maximum absolute atomic E-state index is 12.0. The fourth-order valence-corrected chi connectivity index (χ4v) is 2.38. The Labute approximate surface area is 132 Å². The number of aliphatic carboxylic acids is 1. The minimum atomic E-state index is -0.758. The van der Waals surface area contributed by atoms with E-state index in [1.165, 1.54) is 11.8 Å². The van der Waals surface area contributed by atoms with Crippen LogP contribution in [0.2, 0.25) is 0 Å². The average molecular weight is 328 g/mol. The van der Waals surface area contributed by atoms with Crippen molar-refractivity contribution in [1.29, 1.82) is 0 Å². The van der Waals surface area contributed by atoms with E-state index in [-0.39, 0.29) is 36.2 Å². The molecule has 0 saturated heterocycles. The second kappa shape index (κ2) is 8.71. The van der Waals surface area contributed by atoms with Gasteiger partial charge in [-0.1, -0.05) is 0 Å². The second-order valence-corrected chi connectivity index (χ2v) is 5.01. The number of hydrogen-bond donors (Lipinski definition) is 3. The summed E-state index contributed by atoms with van der Waals surface area (Å²) in [5.74, 6) is -1.35. The van der Waals surface area contributed by atoms with Gasteiger partial charge in [-0.2, -0.15) is 4.98 Å². The third kappa shape index (κ3) is 5.24. The monoisotopic (exact) mass is 328 g/mol. The number of ether oxygens (including phenoxy) is 1. The van der Waals surface area contributed by atoms with Gasteiger partial charge in [0.15, 0.2) is 0 Å². The Balaban J connectivity index is 0.000000816. The first-order chi connectivity index (χ1) is 10.9. The van der Waals surface area contributed by atoms with Gasteiger partial charge in [0.05, 0.1) is 13.0 Å². The lowest BCUT2D eigenvalue weighted by atomic mass is 9.86. The minimum Gasteiger partial charge on any atom is -0.483 e. The maximum atomic E-state index is 12.0. The summed E-state index contributed by atoms with van der Waals surface area (Å²) in [6.07, 6.45) is 2.48. The number of nitrogens with one attached hydrogen (secondary N) is 1. The largest absolute Gasteiger partial charge is 0.483 e. The molecule has 0 spiro atoms. The number of methoxy groups -OCH3 is 1. The summed E-state index contributed by atoms with van der Waals surface area (Å²) in [6, 6.07) is 0.248. The zero-order chi connectivity index (χ0) is 17.4. The Morgan fingerprint density at radius 2 is 1.91 bits per heavy atom. The maximum Gasteiger partial charge on any atom is 0.314 e. The molecular weight excluding hydrogens is 308 g/mol. The van der Waals surface area contributed by atoms with Crippen molar-refractivity contribution in [1.82, 2.24) is 20.1 Å². The lowest BCUT2D eigenvalue weighted by Gasteiger charge is -2.26. The van der Waals surface area contributed by atoms with Crippen LogP contribution < -0.4 is 10.1 Å². The van der Waals surface area contributed by atoms with E-state index in [0.29, 0.717) is 25.7 Å². The van der Waals surface area contributed by atoms with Gasteiger partial charge in [-0.25, -0.2) is 4.68 Å². The fraction of sp³-hybridized carbons (Fsp3) is 0.615. The predicted octanol–water partition coefficient (Wildman–Crippen LogP) is -0.102. The van der Waals surface area contributed by atoms with Crippen LogP contribution in [0.3, 0.4) is 0 Å². The molecule has 23 heavy (non-hydrogen) atoms. The summed E-state index contributed by atoms with van der Waals surface area (Å²) in [5.41, 5.74) is 0. The molecule has 1 fully saturated rings. The molecule has 1 aliphatic rings. The molecule has 1 aromatic heterocycles. The predicted molar refractivity (Wildman–Crippen MR) is 77.1 cm³/mol. The molecule has 0 unspecified atom stereocenters. The van der Waals surface area contributed by atoms with E-state index >= 15 is 0 Å². The number of carboxylic acids is 1. The van der Waals surface area contributed by atoms with Gasteiger partial charge >= 0.3 is 12.0 Å². The molecule has 1 aromatic rings. The number of aryl methyl sites for hydroxylation is 1. The van der Waals surface area contributed by atoms with Crippen LogP contribution in [0.15, 0.2) is 0 Å². The van der Waals surface area contributed by atoms with Crippen molar-refractivity contribution in [3.8, 4) is 6.01 Å². The van der Waals surface area contributed by atoms with E-state index in [0.717, 1.165) is 0 Å². The highest BCUT2D eigenvalue weighted by molar-refractivity contribution is 5.90.